The Labute approximate surface area is 232 Å². The SMILES string of the molecule is COC(=O)CCCCCCOc1ccc(Nc2nc(NC3CCN(C)CC3)c3ncn(PI)c3n2)cc1. The van der Waals surface area contributed by atoms with Crippen LogP contribution >= 0.6 is 28.4 Å². The number of carbonyl (C=O) groups is 1. The summed E-state index contributed by atoms with van der Waals surface area (Å²) in [5.41, 5.74) is 2.53. The molecule has 1 aliphatic heterocycles. The highest BCUT2D eigenvalue weighted by Crippen LogP contribution is 2.32. The molecule has 0 radical (unpaired) electrons. The molecule has 1 atom stereocenters. The van der Waals surface area contributed by atoms with E-state index in [1.807, 2.05) is 30.6 Å². The van der Waals surface area contributed by atoms with E-state index in [9.17, 15) is 4.79 Å². The van der Waals surface area contributed by atoms with Crippen molar-refractivity contribution in [1.29, 1.82) is 0 Å². The Kier molecular flexibility index (Phi) is 10.6. The number of ether oxygens (including phenoxy) is 2. The van der Waals surface area contributed by atoms with Gasteiger partial charge in [-0.05, 0) is 92.1 Å². The van der Waals surface area contributed by atoms with Gasteiger partial charge in [-0.25, -0.2) is 4.98 Å². The summed E-state index contributed by atoms with van der Waals surface area (Å²) >= 11 is 2.34. The maximum Gasteiger partial charge on any atom is 0.305 e. The smallest absolute Gasteiger partial charge is 0.305 e. The third-order valence-electron chi connectivity index (χ3n) is 6.43. The van der Waals surface area contributed by atoms with Crippen LogP contribution < -0.4 is 15.4 Å². The summed E-state index contributed by atoms with van der Waals surface area (Å²) in [6, 6.07) is 8.22. The molecule has 0 saturated carbocycles. The first-order valence-electron chi connectivity index (χ1n) is 12.7. The quantitative estimate of drug-likeness (QED) is 0.111. The number of esters is 1. The highest BCUT2D eigenvalue weighted by molar-refractivity contribution is 14.2. The lowest BCUT2D eigenvalue weighted by Crippen LogP contribution is -2.37. The molecule has 3 aromatic rings. The number of methoxy groups -OCH3 is 1. The topological polar surface area (TPSA) is 106 Å². The van der Waals surface area contributed by atoms with Crippen molar-refractivity contribution in [3.05, 3.63) is 30.6 Å². The fourth-order valence-corrected chi connectivity index (χ4v) is 5.64. The van der Waals surface area contributed by atoms with Crippen LogP contribution in [0.4, 0.5) is 17.5 Å². The van der Waals surface area contributed by atoms with Crippen LogP contribution in [0.15, 0.2) is 30.6 Å². The lowest BCUT2D eigenvalue weighted by atomic mass is 10.1. The first-order valence-corrected chi connectivity index (χ1v) is 16.8. The van der Waals surface area contributed by atoms with Crippen molar-refractivity contribution >= 4 is 63.0 Å². The van der Waals surface area contributed by atoms with Crippen molar-refractivity contribution in [3.8, 4) is 5.75 Å². The molecule has 0 spiro atoms. The molecule has 12 heteroatoms. The van der Waals surface area contributed by atoms with Gasteiger partial charge in [0.2, 0.25) is 5.95 Å². The number of likely N-dealkylation sites (tertiary alicyclic amines) is 1. The summed E-state index contributed by atoms with van der Waals surface area (Å²) in [6.45, 7) is 2.80. The normalized spacial score (nSPS) is 14.9. The number of hydrogen-bond acceptors (Lipinski definition) is 9. The highest BCUT2D eigenvalue weighted by Gasteiger charge is 2.20. The fourth-order valence-electron chi connectivity index (χ4n) is 4.25. The highest BCUT2D eigenvalue weighted by atomic mass is 127. The molecule has 0 amide bonds. The minimum atomic E-state index is -0.143. The molecule has 1 aromatic carbocycles. The second kappa shape index (κ2) is 14.1. The first kappa shape index (κ1) is 27.8. The molecule has 1 aliphatic rings. The van der Waals surface area contributed by atoms with E-state index in [4.69, 9.17) is 14.7 Å². The predicted octanol–water partition coefficient (Wildman–Crippen LogP) is 5.37. The monoisotopic (exact) mass is 639 g/mol. The second-order valence-corrected chi connectivity index (χ2v) is 11.3. The Morgan fingerprint density at radius 3 is 2.62 bits per heavy atom. The molecule has 1 fully saturated rings. The van der Waals surface area contributed by atoms with Crippen LogP contribution in [-0.4, -0.2) is 70.1 Å². The third-order valence-corrected chi connectivity index (χ3v) is 8.50. The largest absolute Gasteiger partial charge is 0.494 e. The number of benzene rings is 1. The molecular formula is C25H35IN7O3P. The molecule has 1 saturated heterocycles. The molecular weight excluding hydrogens is 604 g/mol. The van der Waals surface area contributed by atoms with Gasteiger partial charge in [0.05, 0.1) is 20.1 Å². The molecule has 10 nitrogen and oxygen atoms in total. The molecule has 37 heavy (non-hydrogen) atoms. The van der Waals surface area contributed by atoms with Crippen LogP contribution in [0, 0.1) is 0 Å². The maximum absolute atomic E-state index is 11.1. The van der Waals surface area contributed by atoms with E-state index >= 15 is 0 Å². The Morgan fingerprint density at radius 2 is 1.89 bits per heavy atom. The van der Waals surface area contributed by atoms with E-state index in [1.54, 1.807) is 0 Å². The number of anilines is 3. The van der Waals surface area contributed by atoms with E-state index < -0.39 is 0 Å². The fraction of sp³-hybridized carbons (Fsp3) is 0.520. The van der Waals surface area contributed by atoms with Gasteiger partial charge >= 0.3 is 5.97 Å². The van der Waals surface area contributed by atoms with Gasteiger partial charge in [-0.15, -0.1) is 0 Å². The average Bonchev–Trinajstić information content (AvgIpc) is 3.33. The van der Waals surface area contributed by atoms with Crippen molar-refractivity contribution in [1.82, 2.24) is 24.2 Å². The van der Waals surface area contributed by atoms with Crippen molar-refractivity contribution in [2.24, 2.45) is 0 Å². The van der Waals surface area contributed by atoms with Gasteiger partial charge in [-0.2, -0.15) is 9.97 Å². The van der Waals surface area contributed by atoms with Crippen LogP contribution in [-0.2, 0) is 9.53 Å². The lowest BCUT2D eigenvalue weighted by Gasteiger charge is -2.29. The molecule has 4 rings (SSSR count). The maximum atomic E-state index is 11.1. The minimum Gasteiger partial charge on any atom is -0.494 e. The van der Waals surface area contributed by atoms with Crippen LogP contribution in [0.3, 0.4) is 0 Å². The Hall–Kier alpha value is -2.24. The number of aromatic nitrogens is 4. The molecule has 200 valence electrons. The third kappa shape index (κ3) is 8.12. The van der Waals surface area contributed by atoms with E-state index in [-0.39, 0.29) is 5.97 Å². The summed E-state index contributed by atoms with van der Waals surface area (Å²) in [6.07, 6.45) is 8.81. The van der Waals surface area contributed by atoms with Crippen LogP contribution in [0.25, 0.3) is 11.2 Å². The number of imidazole rings is 1. The number of unbranched alkanes of at least 4 members (excludes halogenated alkanes) is 3. The van der Waals surface area contributed by atoms with E-state index in [0.29, 0.717) is 31.4 Å². The van der Waals surface area contributed by atoms with Crippen molar-refractivity contribution in [2.75, 3.05) is 44.5 Å². The van der Waals surface area contributed by atoms with Crippen molar-refractivity contribution in [2.45, 2.75) is 51.0 Å². The zero-order valence-corrected chi connectivity index (χ0v) is 24.5. The van der Waals surface area contributed by atoms with Crippen molar-refractivity contribution < 1.29 is 14.3 Å². The molecule has 0 bridgehead atoms. The predicted molar refractivity (Wildman–Crippen MR) is 158 cm³/mol. The summed E-state index contributed by atoms with van der Waals surface area (Å²) in [5, 5.41) is 6.98. The van der Waals surface area contributed by atoms with Crippen LogP contribution in [0.1, 0.15) is 44.9 Å². The number of piperidine rings is 1. The number of fused-ring (bicyclic) bond motifs is 1. The van der Waals surface area contributed by atoms with Gasteiger partial charge in [0, 0.05) is 18.2 Å². The van der Waals surface area contributed by atoms with Gasteiger partial charge in [-0.1, -0.05) is 12.8 Å². The summed E-state index contributed by atoms with van der Waals surface area (Å²) in [4.78, 5) is 27.7. The van der Waals surface area contributed by atoms with E-state index in [0.717, 1.165) is 80.0 Å². The van der Waals surface area contributed by atoms with Crippen molar-refractivity contribution in [3.63, 3.8) is 0 Å². The van der Waals surface area contributed by atoms with Crippen LogP contribution in [0.5, 0.6) is 5.75 Å². The molecule has 1 unspecified atom stereocenters. The number of carbonyl (C=O) groups excluding carboxylic acids is 1. The van der Waals surface area contributed by atoms with Gasteiger partial charge < -0.3 is 25.0 Å². The molecule has 3 heterocycles. The number of nitrogens with one attached hydrogen (secondary N) is 2. The number of rotatable bonds is 13. The standard InChI is InChI=1S/C25H35IN7O3P/c1-32-14-12-19(13-15-32)28-23-22-24(33(37-26)17-27-22)31-25(30-23)29-18-8-10-20(11-9-18)36-16-6-4-3-5-7-21(34)35-2/h8-11,17,19,37H,3-7,12-16H2,1-2H3,(H2,28,29,30,31). The average molecular weight is 639 g/mol. The molecule has 2 N–H and O–H groups in total. The second-order valence-electron chi connectivity index (χ2n) is 9.23. The summed E-state index contributed by atoms with van der Waals surface area (Å²) < 4.78 is 12.6. The zero-order valence-electron chi connectivity index (χ0n) is 21.4. The van der Waals surface area contributed by atoms with Gasteiger partial charge in [0.25, 0.3) is 0 Å². The first-order chi connectivity index (χ1) is 18.1. The van der Waals surface area contributed by atoms with Crippen LogP contribution in [0.2, 0.25) is 0 Å². The Bertz CT molecular complexity index is 1150. The van der Waals surface area contributed by atoms with E-state index in [2.05, 4.69) is 58.7 Å². The summed E-state index contributed by atoms with van der Waals surface area (Å²) in [5.74, 6) is 2.00. The van der Waals surface area contributed by atoms with Gasteiger partial charge in [0.1, 0.15) is 12.1 Å². The number of nitrogens with zero attached hydrogens (tertiary/aromatic N) is 5. The Balaban J connectivity index is 1.33. The minimum absolute atomic E-state index is 0.143. The molecule has 2 aromatic heterocycles. The zero-order chi connectivity index (χ0) is 26.0. The molecule has 0 aliphatic carbocycles. The van der Waals surface area contributed by atoms with E-state index in [1.165, 1.54) is 7.11 Å². The van der Waals surface area contributed by atoms with Gasteiger partial charge in [-0.3, -0.25) is 9.13 Å². The summed E-state index contributed by atoms with van der Waals surface area (Å²) in [7, 11) is 3.59. The lowest BCUT2D eigenvalue weighted by molar-refractivity contribution is -0.140. The number of halogens is 1. The Morgan fingerprint density at radius 1 is 1.14 bits per heavy atom. The van der Waals surface area contributed by atoms with Gasteiger partial charge in [0.15, 0.2) is 17.0 Å². The number of hydrogen-bond donors (Lipinski definition) is 2.